The predicted molar refractivity (Wildman–Crippen MR) is 106 cm³/mol. The molecule has 0 unspecified atom stereocenters. The molecule has 1 aromatic rings. The first-order valence-electron chi connectivity index (χ1n) is 9.21. The largest absolute Gasteiger partial charge is 0.481 e. The second kappa shape index (κ2) is 11.1. The van der Waals surface area contributed by atoms with Gasteiger partial charge in [0.1, 0.15) is 25.4 Å². The third kappa shape index (κ3) is 6.56. The maximum absolute atomic E-state index is 12.7. The molecule has 0 aliphatic carbocycles. The number of amides is 2. The molecule has 11 heteroatoms. The van der Waals surface area contributed by atoms with E-state index < -0.39 is 48.9 Å². The van der Waals surface area contributed by atoms with Crippen molar-refractivity contribution in [1.82, 2.24) is 10.2 Å². The maximum Gasteiger partial charge on any atom is 0.410 e. The number of halogens is 3. The van der Waals surface area contributed by atoms with Crippen LogP contribution in [0.1, 0.15) is 31.2 Å². The van der Waals surface area contributed by atoms with Crippen molar-refractivity contribution in [2.24, 2.45) is 0 Å². The molecule has 1 heterocycles. The Morgan fingerprint density at radius 1 is 1.23 bits per heavy atom. The van der Waals surface area contributed by atoms with Gasteiger partial charge in [0.15, 0.2) is 5.78 Å². The van der Waals surface area contributed by atoms with Crippen molar-refractivity contribution in [3.05, 3.63) is 33.8 Å². The zero-order valence-electron chi connectivity index (χ0n) is 15.9. The van der Waals surface area contributed by atoms with Gasteiger partial charge in [0.05, 0.1) is 16.5 Å². The summed E-state index contributed by atoms with van der Waals surface area (Å²) in [6.45, 7) is -1.25. The highest BCUT2D eigenvalue weighted by molar-refractivity contribution is 6.42. The summed E-state index contributed by atoms with van der Waals surface area (Å²) in [6, 6.07) is 2.30. The highest BCUT2D eigenvalue weighted by Gasteiger charge is 2.35. The molecule has 0 spiro atoms. The SMILES string of the molecule is O=C(O)C[C@H](NC(=O)[C@@H]1CCCCN1C(=O)OCc1ccc(Cl)c(Cl)c1)C(=O)CF. The second-order valence-corrected chi connectivity index (χ2v) is 7.58. The van der Waals surface area contributed by atoms with E-state index in [1.807, 2.05) is 0 Å². The van der Waals surface area contributed by atoms with Crippen LogP contribution in [0.15, 0.2) is 18.2 Å². The number of aliphatic carboxylic acids is 1. The number of piperidine rings is 1. The van der Waals surface area contributed by atoms with Gasteiger partial charge in [-0.3, -0.25) is 19.3 Å². The minimum Gasteiger partial charge on any atom is -0.481 e. The Labute approximate surface area is 182 Å². The zero-order valence-corrected chi connectivity index (χ0v) is 17.4. The van der Waals surface area contributed by atoms with Crippen LogP contribution in [0.5, 0.6) is 0 Å². The molecule has 30 heavy (non-hydrogen) atoms. The van der Waals surface area contributed by atoms with E-state index in [0.717, 1.165) is 0 Å². The van der Waals surface area contributed by atoms with Crippen LogP contribution in [-0.4, -0.2) is 59.1 Å². The van der Waals surface area contributed by atoms with Gasteiger partial charge in [0, 0.05) is 6.54 Å². The van der Waals surface area contributed by atoms with Gasteiger partial charge in [0.25, 0.3) is 0 Å². The minimum atomic E-state index is -1.50. The second-order valence-electron chi connectivity index (χ2n) is 6.77. The zero-order chi connectivity index (χ0) is 22.3. The van der Waals surface area contributed by atoms with Gasteiger partial charge >= 0.3 is 12.1 Å². The van der Waals surface area contributed by atoms with Crippen LogP contribution in [0.3, 0.4) is 0 Å². The number of carbonyl (C=O) groups is 4. The van der Waals surface area contributed by atoms with Crippen molar-refractivity contribution >= 4 is 47.0 Å². The lowest BCUT2D eigenvalue weighted by molar-refractivity contribution is -0.140. The summed E-state index contributed by atoms with van der Waals surface area (Å²) in [6.07, 6.45) is 0.107. The van der Waals surface area contributed by atoms with Crippen molar-refractivity contribution in [2.75, 3.05) is 13.2 Å². The lowest BCUT2D eigenvalue weighted by atomic mass is 10.0. The molecule has 1 aliphatic rings. The summed E-state index contributed by atoms with van der Waals surface area (Å²) in [7, 11) is 0. The first-order valence-corrected chi connectivity index (χ1v) is 9.96. The number of nitrogens with zero attached hydrogens (tertiary/aromatic N) is 1. The number of likely N-dealkylation sites (tertiary alicyclic amines) is 1. The minimum absolute atomic E-state index is 0.0947. The van der Waals surface area contributed by atoms with Gasteiger partial charge in [-0.1, -0.05) is 29.3 Å². The van der Waals surface area contributed by atoms with Crippen LogP contribution < -0.4 is 5.32 Å². The number of hydrogen-bond acceptors (Lipinski definition) is 5. The molecule has 2 N–H and O–H groups in total. The standard InChI is InChI=1S/C19H21Cl2FN2O6/c20-12-5-4-11(7-13(12)21)10-30-19(29)24-6-2-1-3-15(24)18(28)23-14(8-17(26)27)16(25)9-22/h4-5,7,14-15H,1-3,6,8-10H2,(H,23,28)(H,26,27)/t14-,15-/m0/s1. The molecule has 0 aromatic heterocycles. The molecule has 1 saturated heterocycles. The quantitative estimate of drug-likeness (QED) is 0.613. The van der Waals surface area contributed by atoms with Gasteiger partial charge in [-0.05, 0) is 37.0 Å². The number of carboxylic acid groups (broad SMARTS) is 1. The fourth-order valence-electron chi connectivity index (χ4n) is 3.06. The van der Waals surface area contributed by atoms with Crippen LogP contribution in [0, 0.1) is 0 Å². The Morgan fingerprint density at radius 2 is 1.97 bits per heavy atom. The molecule has 8 nitrogen and oxygen atoms in total. The molecule has 0 saturated carbocycles. The summed E-state index contributed by atoms with van der Waals surface area (Å²) in [4.78, 5) is 48.9. The normalized spacial score (nSPS) is 17.2. The van der Waals surface area contributed by atoms with Crippen molar-refractivity contribution in [3.8, 4) is 0 Å². The summed E-state index contributed by atoms with van der Waals surface area (Å²) < 4.78 is 18.0. The predicted octanol–water partition coefficient (Wildman–Crippen LogP) is 2.98. The van der Waals surface area contributed by atoms with Gasteiger partial charge < -0.3 is 15.2 Å². The first-order chi connectivity index (χ1) is 14.2. The van der Waals surface area contributed by atoms with E-state index >= 15 is 0 Å². The third-order valence-electron chi connectivity index (χ3n) is 4.60. The van der Waals surface area contributed by atoms with Gasteiger partial charge in [-0.25, -0.2) is 9.18 Å². The van der Waals surface area contributed by atoms with E-state index in [4.69, 9.17) is 33.0 Å². The third-order valence-corrected chi connectivity index (χ3v) is 5.34. The van der Waals surface area contributed by atoms with Crippen LogP contribution in [0.2, 0.25) is 10.0 Å². The number of alkyl halides is 1. The molecule has 0 bridgehead atoms. The first kappa shape index (κ1) is 23.9. The van der Waals surface area contributed by atoms with Crippen LogP contribution >= 0.6 is 23.2 Å². The van der Waals surface area contributed by atoms with Gasteiger partial charge in [0.2, 0.25) is 5.91 Å². The van der Waals surface area contributed by atoms with E-state index in [-0.39, 0.29) is 13.2 Å². The average Bonchev–Trinajstić information content (AvgIpc) is 2.72. The van der Waals surface area contributed by atoms with Crippen molar-refractivity contribution < 1.29 is 33.4 Å². The Kier molecular flexibility index (Phi) is 8.86. The highest BCUT2D eigenvalue weighted by Crippen LogP contribution is 2.24. The molecule has 1 aliphatic heterocycles. The topological polar surface area (TPSA) is 113 Å². The van der Waals surface area contributed by atoms with Gasteiger partial charge in [-0.15, -0.1) is 0 Å². The van der Waals surface area contributed by atoms with E-state index in [9.17, 15) is 23.6 Å². The molecule has 2 rings (SSSR count). The summed E-state index contributed by atoms with van der Waals surface area (Å²) in [5.41, 5.74) is 0.603. The van der Waals surface area contributed by atoms with Crippen LogP contribution in [0.4, 0.5) is 9.18 Å². The summed E-state index contributed by atoms with van der Waals surface area (Å²) in [5, 5.41) is 11.8. The molecule has 2 amide bonds. The number of hydrogen-bond donors (Lipinski definition) is 2. The molecular weight excluding hydrogens is 442 g/mol. The van der Waals surface area contributed by atoms with E-state index in [0.29, 0.717) is 34.9 Å². The van der Waals surface area contributed by atoms with E-state index in [2.05, 4.69) is 5.32 Å². The van der Waals surface area contributed by atoms with E-state index in [1.54, 1.807) is 18.2 Å². The Morgan fingerprint density at radius 3 is 2.60 bits per heavy atom. The Bertz CT molecular complexity index is 822. The Balaban J connectivity index is 2.03. The number of nitrogens with one attached hydrogen (secondary N) is 1. The summed E-state index contributed by atoms with van der Waals surface area (Å²) >= 11 is 11.8. The fourth-order valence-corrected chi connectivity index (χ4v) is 3.38. The lowest BCUT2D eigenvalue weighted by Crippen LogP contribution is -2.55. The smallest absolute Gasteiger partial charge is 0.410 e. The fraction of sp³-hybridized carbons (Fsp3) is 0.474. The summed E-state index contributed by atoms with van der Waals surface area (Å²) in [5.74, 6) is -3.13. The monoisotopic (exact) mass is 462 g/mol. The molecule has 1 aromatic carbocycles. The van der Waals surface area contributed by atoms with Gasteiger partial charge in [-0.2, -0.15) is 0 Å². The van der Waals surface area contributed by atoms with Crippen molar-refractivity contribution in [1.29, 1.82) is 0 Å². The molecular formula is C19H21Cl2FN2O6. The number of carbonyl (C=O) groups excluding carboxylic acids is 3. The number of ketones is 1. The van der Waals surface area contributed by atoms with E-state index in [1.165, 1.54) is 4.90 Å². The number of Topliss-reactive ketones (excluding diaryl/α,β-unsaturated/α-hetero) is 1. The van der Waals surface area contributed by atoms with Crippen molar-refractivity contribution in [2.45, 2.75) is 44.4 Å². The van der Waals surface area contributed by atoms with Crippen LogP contribution in [0.25, 0.3) is 0 Å². The lowest BCUT2D eigenvalue weighted by Gasteiger charge is -2.34. The highest BCUT2D eigenvalue weighted by atomic mass is 35.5. The number of ether oxygens (including phenoxy) is 1. The number of benzene rings is 1. The molecule has 0 radical (unpaired) electrons. The molecule has 1 fully saturated rings. The molecule has 164 valence electrons. The van der Waals surface area contributed by atoms with Crippen molar-refractivity contribution in [3.63, 3.8) is 0 Å². The molecule has 2 atom stereocenters. The Hall–Kier alpha value is -2.39. The average molecular weight is 463 g/mol. The number of rotatable bonds is 8. The number of carboxylic acids is 1. The maximum atomic E-state index is 12.7. The van der Waals surface area contributed by atoms with Crippen LogP contribution in [-0.2, 0) is 25.7 Å².